The topological polar surface area (TPSA) is 38.3 Å². The lowest BCUT2D eigenvalue weighted by atomic mass is 10.0. The Morgan fingerprint density at radius 2 is 2.23 bits per heavy atom. The van der Waals surface area contributed by atoms with Crippen molar-refractivity contribution in [3.8, 4) is 0 Å². The van der Waals surface area contributed by atoms with Gasteiger partial charge in [-0.05, 0) is 31.8 Å². The Bertz CT molecular complexity index is 183. The van der Waals surface area contributed by atoms with Crippen molar-refractivity contribution in [2.75, 3.05) is 19.8 Å². The molecule has 0 aromatic heterocycles. The number of hydrogen-bond acceptors (Lipinski definition) is 2. The third-order valence-corrected chi connectivity index (χ3v) is 2.22. The molecule has 1 fully saturated rings. The number of carbonyl (C=O) groups excluding carboxylic acids is 1. The van der Waals surface area contributed by atoms with E-state index < -0.39 is 0 Å². The van der Waals surface area contributed by atoms with Crippen molar-refractivity contribution < 1.29 is 9.53 Å². The summed E-state index contributed by atoms with van der Waals surface area (Å²) in [4.78, 5) is 11.1. The molecule has 0 aromatic rings. The monoisotopic (exact) mass is 183 g/mol. The summed E-state index contributed by atoms with van der Waals surface area (Å²) in [6.07, 6.45) is 5.44. The Kier molecular flexibility index (Phi) is 4.54. The first-order valence-electron chi connectivity index (χ1n) is 4.81. The summed E-state index contributed by atoms with van der Waals surface area (Å²) in [7, 11) is 0. The zero-order valence-corrected chi connectivity index (χ0v) is 8.08. The van der Waals surface area contributed by atoms with Crippen LogP contribution in [0, 0.1) is 5.92 Å². The van der Waals surface area contributed by atoms with Gasteiger partial charge in [-0.25, -0.2) is 0 Å². The summed E-state index contributed by atoms with van der Waals surface area (Å²) < 4.78 is 5.23. The highest BCUT2D eigenvalue weighted by molar-refractivity contribution is 5.87. The molecule has 13 heavy (non-hydrogen) atoms. The van der Waals surface area contributed by atoms with Gasteiger partial charge >= 0.3 is 0 Å². The molecule has 3 heteroatoms. The van der Waals surface area contributed by atoms with E-state index in [4.69, 9.17) is 4.74 Å². The van der Waals surface area contributed by atoms with Crippen molar-refractivity contribution in [1.29, 1.82) is 0 Å². The number of hydrogen-bond donors (Lipinski definition) is 1. The van der Waals surface area contributed by atoms with Crippen LogP contribution in [-0.2, 0) is 9.53 Å². The summed E-state index contributed by atoms with van der Waals surface area (Å²) in [5.74, 6) is 0.608. The maximum atomic E-state index is 11.1. The Morgan fingerprint density at radius 1 is 1.54 bits per heavy atom. The lowest BCUT2D eigenvalue weighted by Crippen LogP contribution is -2.31. The zero-order chi connectivity index (χ0) is 9.52. The first-order valence-corrected chi connectivity index (χ1v) is 4.81. The Labute approximate surface area is 79.2 Å². The molecule has 0 unspecified atom stereocenters. The zero-order valence-electron chi connectivity index (χ0n) is 8.08. The molecule has 1 heterocycles. The third-order valence-electron chi connectivity index (χ3n) is 2.22. The number of ether oxygens (including phenoxy) is 1. The molecule has 1 amide bonds. The second-order valence-corrected chi connectivity index (χ2v) is 3.30. The van der Waals surface area contributed by atoms with E-state index >= 15 is 0 Å². The standard InChI is InChI=1S/C10H17NO2/c1-2-3-10(12)11-8-9-4-6-13-7-5-9/h2-3,9H,4-8H2,1H3,(H,11,12). The van der Waals surface area contributed by atoms with Gasteiger partial charge in [0.15, 0.2) is 0 Å². The highest BCUT2D eigenvalue weighted by Gasteiger charge is 2.13. The number of amides is 1. The average molecular weight is 183 g/mol. The number of carbonyl (C=O) groups is 1. The third kappa shape index (κ3) is 4.08. The molecule has 1 aliphatic heterocycles. The molecule has 0 aliphatic carbocycles. The molecule has 0 aromatic carbocycles. The van der Waals surface area contributed by atoms with Gasteiger partial charge in [-0.3, -0.25) is 4.79 Å². The predicted octanol–water partition coefficient (Wildman–Crippen LogP) is 1.11. The molecule has 3 nitrogen and oxygen atoms in total. The van der Waals surface area contributed by atoms with Gasteiger partial charge in [0.2, 0.25) is 5.91 Å². The van der Waals surface area contributed by atoms with Crippen molar-refractivity contribution in [2.45, 2.75) is 19.8 Å². The normalized spacial score (nSPS) is 19.2. The van der Waals surface area contributed by atoms with Crippen molar-refractivity contribution in [2.24, 2.45) is 5.92 Å². The minimum absolute atomic E-state index is 0.00833. The second kappa shape index (κ2) is 5.75. The van der Waals surface area contributed by atoms with Gasteiger partial charge in [-0.2, -0.15) is 0 Å². The van der Waals surface area contributed by atoms with Gasteiger partial charge in [0, 0.05) is 19.8 Å². The molecule has 1 rings (SSSR count). The molecule has 0 radical (unpaired) electrons. The summed E-state index contributed by atoms with van der Waals surface area (Å²) in [6, 6.07) is 0. The van der Waals surface area contributed by atoms with Gasteiger partial charge in [-0.15, -0.1) is 0 Å². The SMILES string of the molecule is CC=CC(=O)NCC1CCOCC1. The highest BCUT2D eigenvalue weighted by Crippen LogP contribution is 2.12. The Hall–Kier alpha value is -0.830. The number of allylic oxidation sites excluding steroid dienone is 1. The van der Waals surface area contributed by atoms with Crippen molar-refractivity contribution in [3.63, 3.8) is 0 Å². The molecule has 1 N–H and O–H groups in total. The summed E-state index contributed by atoms with van der Waals surface area (Å²) in [5.41, 5.74) is 0. The van der Waals surface area contributed by atoms with Crippen LogP contribution in [0.4, 0.5) is 0 Å². The van der Waals surface area contributed by atoms with Gasteiger partial charge in [0.25, 0.3) is 0 Å². The summed E-state index contributed by atoms with van der Waals surface area (Å²) in [5, 5.41) is 2.87. The van der Waals surface area contributed by atoms with Crippen molar-refractivity contribution in [3.05, 3.63) is 12.2 Å². The lowest BCUT2D eigenvalue weighted by molar-refractivity contribution is -0.116. The smallest absolute Gasteiger partial charge is 0.243 e. The van der Waals surface area contributed by atoms with E-state index in [-0.39, 0.29) is 5.91 Å². The fourth-order valence-corrected chi connectivity index (χ4v) is 1.41. The first kappa shape index (κ1) is 10.3. The van der Waals surface area contributed by atoms with Gasteiger partial charge < -0.3 is 10.1 Å². The highest BCUT2D eigenvalue weighted by atomic mass is 16.5. The van der Waals surface area contributed by atoms with Gasteiger partial charge in [-0.1, -0.05) is 6.08 Å². The Morgan fingerprint density at radius 3 is 2.85 bits per heavy atom. The molecule has 0 atom stereocenters. The van der Waals surface area contributed by atoms with Crippen molar-refractivity contribution in [1.82, 2.24) is 5.32 Å². The minimum Gasteiger partial charge on any atom is -0.381 e. The summed E-state index contributed by atoms with van der Waals surface area (Å²) in [6.45, 7) is 4.30. The van der Waals surface area contributed by atoms with E-state index in [2.05, 4.69) is 5.32 Å². The molecule has 0 spiro atoms. The molecule has 1 aliphatic rings. The molecular weight excluding hydrogens is 166 g/mol. The fraction of sp³-hybridized carbons (Fsp3) is 0.700. The van der Waals surface area contributed by atoms with E-state index in [0.29, 0.717) is 5.92 Å². The Balaban J connectivity index is 2.13. The van der Waals surface area contributed by atoms with E-state index in [9.17, 15) is 4.79 Å². The van der Waals surface area contributed by atoms with Crippen LogP contribution in [0.5, 0.6) is 0 Å². The average Bonchev–Trinajstić information content (AvgIpc) is 2.17. The van der Waals surface area contributed by atoms with E-state index in [1.54, 1.807) is 12.2 Å². The lowest BCUT2D eigenvalue weighted by Gasteiger charge is -2.21. The molecular formula is C10H17NO2. The second-order valence-electron chi connectivity index (χ2n) is 3.30. The van der Waals surface area contributed by atoms with E-state index in [1.165, 1.54) is 0 Å². The maximum Gasteiger partial charge on any atom is 0.243 e. The number of rotatable bonds is 3. The molecule has 74 valence electrons. The van der Waals surface area contributed by atoms with Crippen LogP contribution in [0.2, 0.25) is 0 Å². The van der Waals surface area contributed by atoms with Crippen LogP contribution >= 0.6 is 0 Å². The summed E-state index contributed by atoms with van der Waals surface area (Å²) >= 11 is 0. The number of nitrogens with one attached hydrogen (secondary N) is 1. The molecule has 0 saturated carbocycles. The minimum atomic E-state index is 0.00833. The molecule has 1 saturated heterocycles. The fourth-order valence-electron chi connectivity index (χ4n) is 1.41. The van der Waals surface area contributed by atoms with Crippen LogP contribution in [0.25, 0.3) is 0 Å². The van der Waals surface area contributed by atoms with Crippen LogP contribution < -0.4 is 5.32 Å². The molecule has 0 bridgehead atoms. The van der Waals surface area contributed by atoms with Gasteiger partial charge in [0.1, 0.15) is 0 Å². The predicted molar refractivity (Wildman–Crippen MR) is 51.4 cm³/mol. The quantitative estimate of drug-likeness (QED) is 0.665. The van der Waals surface area contributed by atoms with Crippen LogP contribution in [0.3, 0.4) is 0 Å². The van der Waals surface area contributed by atoms with Crippen LogP contribution in [-0.4, -0.2) is 25.7 Å². The van der Waals surface area contributed by atoms with Crippen LogP contribution in [0.15, 0.2) is 12.2 Å². The largest absolute Gasteiger partial charge is 0.381 e. The van der Waals surface area contributed by atoms with E-state index in [1.807, 2.05) is 6.92 Å². The van der Waals surface area contributed by atoms with E-state index in [0.717, 1.165) is 32.6 Å². The van der Waals surface area contributed by atoms with Crippen LogP contribution in [0.1, 0.15) is 19.8 Å². The van der Waals surface area contributed by atoms with Gasteiger partial charge in [0.05, 0.1) is 0 Å². The maximum absolute atomic E-state index is 11.1. The first-order chi connectivity index (χ1) is 6.33. The van der Waals surface area contributed by atoms with Crippen molar-refractivity contribution >= 4 is 5.91 Å².